The molecule has 3 heteroatoms. The molecule has 2 aliphatic rings. The van der Waals surface area contributed by atoms with E-state index in [-0.39, 0.29) is 11.1 Å². The van der Waals surface area contributed by atoms with E-state index in [0.717, 1.165) is 32.8 Å². The third-order valence-electron chi connectivity index (χ3n) is 5.22. The Morgan fingerprint density at radius 2 is 1.95 bits per heavy atom. The maximum atomic E-state index is 5.79. The summed E-state index contributed by atoms with van der Waals surface area (Å²) in [7, 11) is 0. The summed E-state index contributed by atoms with van der Waals surface area (Å²) in [6.45, 7) is 9.82. The van der Waals surface area contributed by atoms with Crippen molar-refractivity contribution in [2.45, 2.75) is 44.2 Å². The van der Waals surface area contributed by atoms with Gasteiger partial charge in [-0.2, -0.15) is 0 Å². The van der Waals surface area contributed by atoms with Crippen LogP contribution in [0.2, 0.25) is 0 Å². The third-order valence-corrected chi connectivity index (χ3v) is 5.22. The first-order valence-corrected chi connectivity index (χ1v) is 8.26. The minimum Gasteiger partial charge on any atom is -0.380 e. The largest absolute Gasteiger partial charge is 0.380 e. The van der Waals surface area contributed by atoms with Gasteiger partial charge in [-0.25, -0.2) is 0 Å². The van der Waals surface area contributed by atoms with E-state index in [1.807, 2.05) is 0 Å². The Morgan fingerprint density at radius 1 is 1.14 bits per heavy atom. The first-order valence-electron chi connectivity index (χ1n) is 8.26. The second kappa shape index (κ2) is 6.07. The van der Waals surface area contributed by atoms with Crippen molar-refractivity contribution in [2.24, 2.45) is 0 Å². The molecule has 2 heterocycles. The molecular formula is C18H28N2O. The number of rotatable bonds is 2. The van der Waals surface area contributed by atoms with Crippen LogP contribution in [0.1, 0.15) is 38.7 Å². The van der Waals surface area contributed by atoms with Crippen molar-refractivity contribution in [3.05, 3.63) is 35.9 Å². The zero-order valence-electron chi connectivity index (χ0n) is 13.4. The van der Waals surface area contributed by atoms with E-state index >= 15 is 0 Å². The van der Waals surface area contributed by atoms with Crippen LogP contribution in [-0.2, 0) is 10.3 Å². The van der Waals surface area contributed by atoms with Crippen LogP contribution in [0.25, 0.3) is 0 Å². The summed E-state index contributed by atoms with van der Waals surface area (Å²) in [5.41, 5.74) is 1.61. The first-order chi connectivity index (χ1) is 10.1. The van der Waals surface area contributed by atoms with Gasteiger partial charge in [0, 0.05) is 25.2 Å². The quantitative estimate of drug-likeness (QED) is 0.905. The van der Waals surface area contributed by atoms with E-state index in [0.29, 0.717) is 0 Å². The maximum absolute atomic E-state index is 5.79. The molecule has 1 N–H and O–H groups in total. The molecule has 0 spiro atoms. The SMILES string of the molecule is CC1(c2ccccc2)CN(C2(C)CCCOC2)CCCN1. The minimum absolute atomic E-state index is 0.0260. The Morgan fingerprint density at radius 3 is 2.67 bits per heavy atom. The van der Waals surface area contributed by atoms with Gasteiger partial charge < -0.3 is 10.1 Å². The summed E-state index contributed by atoms with van der Waals surface area (Å²) in [6, 6.07) is 10.9. The summed E-state index contributed by atoms with van der Waals surface area (Å²) >= 11 is 0. The fraction of sp³-hybridized carbons (Fsp3) is 0.667. The second-order valence-electron chi connectivity index (χ2n) is 7.05. The molecule has 2 saturated heterocycles. The van der Waals surface area contributed by atoms with Gasteiger partial charge >= 0.3 is 0 Å². The molecule has 2 aliphatic heterocycles. The molecular weight excluding hydrogens is 260 g/mol. The van der Waals surface area contributed by atoms with Crippen molar-refractivity contribution >= 4 is 0 Å². The Bertz CT molecular complexity index is 456. The minimum atomic E-state index is 0.0260. The molecule has 0 radical (unpaired) electrons. The van der Waals surface area contributed by atoms with E-state index in [1.54, 1.807) is 0 Å². The lowest BCUT2D eigenvalue weighted by Gasteiger charge is -2.46. The highest BCUT2D eigenvalue weighted by Gasteiger charge is 2.40. The highest BCUT2D eigenvalue weighted by atomic mass is 16.5. The lowest BCUT2D eigenvalue weighted by Crippen LogP contribution is -2.57. The van der Waals surface area contributed by atoms with Crippen LogP contribution in [0.15, 0.2) is 30.3 Å². The number of benzene rings is 1. The number of nitrogens with one attached hydrogen (secondary N) is 1. The predicted molar refractivity (Wildman–Crippen MR) is 86.4 cm³/mol. The topological polar surface area (TPSA) is 24.5 Å². The van der Waals surface area contributed by atoms with Crippen LogP contribution >= 0.6 is 0 Å². The van der Waals surface area contributed by atoms with Crippen molar-refractivity contribution in [3.63, 3.8) is 0 Å². The van der Waals surface area contributed by atoms with Gasteiger partial charge in [-0.1, -0.05) is 30.3 Å². The number of ether oxygens (including phenoxy) is 1. The van der Waals surface area contributed by atoms with E-state index < -0.39 is 0 Å². The monoisotopic (exact) mass is 288 g/mol. The fourth-order valence-electron chi connectivity index (χ4n) is 3.78. The van der Waals surface area contributed by atoms with E-state index in [4.69, 9.17) is 4.74 Å². The van der Waals surface area contributed by atoms with E-state index in [1.165, 1.54) is 24.8 Å². The number of nitrogens with zero attached hydrogens (tertiary/aromatic N) is 1. The van der Waals surface area contributed by atoms with E-state index in [2.05, 4.69) is 54.4 Å². The average Bonchev–Trinajstić information content (AvgIpc) is 2.72. The number of hydrogen-bond acceptors (Lipinski definition) is 3. The van der Waals surface area contributed by atoms with Crippen molar-refractivity contribution in [1.82, 2.24) is 10.2 Å². The molecule has 3 rings (SSSR count). The summed E-state index contributed by atoms with van der Waals surface area (Å²) in [6.07, 6.45) is 3.64. The Balaban J connectivity index is 1.83. The van der Waals surface area contributed by atoms with Crippen LogP contribution in [0, 0.1) is 0 Å². The molecule has 0 aliphatic carbocycles. The van der Waals surface area contributed by atoms with Crippen molar-refractivity contribution in [1.29, 1.82) is 0 Å². The van der Waals surface area contributed by atoms with Crippen LogP contribution in [0.5, 0.6) is 0 Å². The Hall–Kier alpha value is -0.900. The van der Waals surface area contributed by atoms with Crippen molar-refractivity contribution < 1.29 is 4.74 Å². The van der Waals surface area contributed by atoms with Crippen LogP contribution < -0.4 is 5.32 Å². The molecule has 1 aromatic rings. The van der Waals surface area contributed by atoms with Crippen LogP contribution in [0.4, 0.5) is 0 Å². The van der Waals surface area contributed by atoms with Gasteiger partial charge in [-0.3, -0.25) is 4.90 Å². The molecule has 0 saturated carbocycles. The van der Waals surface area contributed by atoms with Crippen molar-refractivity contribution in [3.8, 4) is 0 Å². The van der Waals surface area contributed by atoms with Crippen LogP contribution in [0.3, 0.4) is 0 Å². The molecule has 0 amide bonds. The molecule has 3 nitrogen and oxygen atoms in total. The van der Waals surface area contributed by atoms with Gasteiger partial charge in [0.2, 0.25) is 0 Å². The molecule has 2 atom stereocenters. The molecule has 1 aromatic carbocycles. The highest BCUT2D eigenvalue weighted by molar-refractivity contribution is 5.24. The molecule has 2 unspecified atom stereocenters. The standard InChI is InChI=1S/C18H28N2O/c1-17(10-6-13-21-15-17)20-12-7-11-19-18(2,14-20)16-8-4-3-5-9-16/h3-5,8-9,19H,6-7,10-15H2,1-2H3. The smallest absolute Gasteiger partial charge is 0.0647 e. The van der Waals surface area contributed by atoms with Gasteiger partial charge in [0.05, 0.1) is 12.1 Å². The third kappa shape index (κ3) is 3.15. The number of hydrogen-bond donors (Lipinski definition) is 1. The lowest BCUT2D eigenvalue weighted by atomic mass is 9.87. The first kappa shape index (κ1) is 15.0. The molecule has 0 bridgehead atoms. The average molecular weight is 288 g/mol. The molecule has 21 heavy (non-hydrogen) atoms. The van der Waals surface area contributed by atoms with Gasteiger partial charge in [0.15, 0.2) is 0 Å². The van der Waals surface area contributed by atoms with Crippen LogP contribution in [-0.4, -0.2) is 43.3 Å². The Kier molecular flexibility index (Phi) is 4.34. The zero-order chi connectivity index (χ0) is 14.8. The zero-order valence-corrected chi connectivity index (χ0v) is 13.4. The Labute approximate surface area is 128 Å². The predicted octanol–water partition coefficient (Wildman–Crippen LogP) is 2.77. The normalized spacial score (nSPS) is 35.3. The van der Waals surface area contributed by atoms with Gasteiger partial charge in [-0.05, 0) is 45.2 Å². The maximum Gasteiger partial charge on any atom is 0.0647 e. The summed E-state index contributed by atoms with van der Waals surface area (Å²) in [5, 5.41) is 3.78. The van der Waals surface area contributed by atoms with Gasteiger partial charge in [-0.15, -0.1) is 0 Å². The molecule has 116 valence electrons. The second-order valence-corrected chi connectivity index (χ2v) is 7.05. The van der Waals surface area contributed by atoms with Crippen molar-refractivity contribution in [2.75, 3.05) is 32.8 Å². The van der Waals surface area contributed by atoms with Gasteiger partial charge in [0.1, 0.15) is 0 Å². The molecule has 0 aromatic heterocycles. The highest BCUT2D eigenvalue weighted by Crippen LogP contribution is 2.32. The van der Waals surface area contributed by atoms with Gasteiger partial charge in [0.25, 0.3) is 0 Å². The summed E-state index contributed by atoms with van der Waals surface area (Å²) in [5.74, 6) is 0. The molecule has 2 fully saturated rings. The summed E-state index contributed by atoms with van der Waals surface area (Å²) < 4.78 is 5.79. The fourth-order valence-corrected chi connectivity index (χ4v) is 3.78. The lowest BCUT2D eigenvalue weighted by molar-refractivity contribution is -0.0452. The summed E-state index contributed by atoms with van der Waals surface area (Å²) in [4.78, 5) is 2.67. The van der Waals surface area contributed by atoms with E-state index in [9.17, 15) is 0 Å².